The Labute approximate surface area is 607 Å². The summed E-state index contributed by atoms with van der Waals surface area (Å²) in [5.74, 6) is -2.23. The van der Waals surface area contributed by atoms with Crippen molar-refractivity contribution in [3.05, 3.63) is 109 Å². The van der Waals surface area contributed by atoms with Crippen LogP contribution in [0.15, 0.2) is 109 Å². The van der Waals surface area contributed by atoms with E-state index in [1.54, 1.807) is 0 Å². The third-order valence-corrected chi connectivity index (χ3v) is 18.1. The Balaban J connectivity index is 5.36. The van der Waals surface area contributed by atoms with Crippen LogP contribution in [0, 0.1) is 0 Å². The molecule has 0 aliphatic carbocycles. The summed E-state index contributed by atoms with van der Waals surface area (Å²) >= 11 is 0. The van der Waals surface area contributed by atoms with Gasteiger partial charge in [0, 0.05) is 25.7 Å². The van der Waals surface area contributed by atoms with Gasteiger partial charge in [0.1, 0.15) is 19.3 Å². The number of allylic oxidation sites excluding steroid dienone is 18. The highest BCUT2D eigenvalue weighted by Crippen LogP contribution is 2.45. The van der Waals surface area contributed by atoms with Crippen molar-refractivity contribution in [3.63, 3.8) is 0 Å². The van der Waals surface area contributed by atoms with Gasteiger partial charge in [-0.05, 0) is 128 Å². The van der Waals surface area contributed by atoms with Crippen LogP contribution in [0.2, 0.25) is 0 Å². The number of ether oxygens (including phenoxy) is 4. The van der Waals surface area contributed by atoms with Crippen molar-refractivity contribution < 1.29 is 80.2 Å². The molecule has 3 N–H and O–H groups in total. The summed E-state index contributed by atoms with van der Waals surface area (Å²) in [6.45, 7) is 4.58. The molecule has 100 heavy (non-hydrogen) atoms. The SMILES string of the molecule is CC/C=C\C/C=C\C/C=C\C/C=C\CCCCCCCCC(=O)OCC(COP(=O)(O)OCC(O)COP(=O)(O)OCC(COC(=O)CCCC/C=C\C/C=C\C/C=C\C/C=C\CC)OC(=O)CCCCCCCCCCCCC)OC(=O)CCCCCCC/C=C\CCCCCCCC. The smallest absolute Gasteiger partial charge is 0.462 e. The van der Waals surface area contributed by atoms with Crippen molar-refractivity contribution in [1.29, 1.82) is 0 Å². The summed E-state index contributed by atoms with van der Waals surface area (Å²) in [6.07, 6.45) is 77.9. The summed E-state index contributed by atoms with van der Waals surface area (Å²) in [4.78, 5) is 72.9. The number of carbonyl (C=O) groups excluding carboxylic acids is 4. The molecule has 17 nitrogen and oxygen atoms in total. The summed E-state index contributed by atoms with van der Waals surface area (Å²) in [5, 5.41) is 10.6. The second kappa shape index (κ2) is 73.0. The molecule has 0 amide bonds. The fourth-order valence-electron chi connectivity index (χ4n) is 10.3. The standard InChI is InChI=1S/C81H140O17P2/c1-5-9-13-17-21-25-29-32-35-36-37-38-41-43-47-50-54-58-62-66-79(84)92-72-77(98-81(86)68-64-60-56-52-48-44-40-34-31-27-23-19-15-11-7-3)74-96-100(89,90)94-70-75(82)69-93-99(87,88)95-73-76(97-80(85)67-63-59-55-51-45-28-24-20-16-12-8-4)71-91-78(83)65-61-57-53-49-46-42-39-33-30-26-22-18-14-10-6-2/h9-10,13-14,21-22,25-26,32-35,37-40,46,49,75-77,82H,5-8,11-12,15-20,23-24,27-31,36,41-45,47-48,50-74H2,1-4H3,(H,87,88)(H,89,90)/b13-9-,14-10-,25-21-,26-22-,35-32-,38-37-,39-33-,40-34-,49-46-. The van der Waals surface area contributed by atoms with E-state index < -0.39 is 97.5 Å². The lowest BCUT2D eigenvalue weighted by atomic mass is 10.1. The normalized spacial score (nSPS) is 14.5. The minimum atomic E-state index is -4.98. The van der Waals surface area contributed by atoms with E-state index in [1.807, 2.05) is 0 Å². The molecule has 0 heterocycles. The number of aliphatic hydroxyl groups excluding tert-OH is 1. The van der Waals surface area contributed by atoms with Gasteiger partial charge >= 0.3 is 39.5 Å². The van der Waals surface area contributed by atoms with E-state index in [4.69, 9.17) is 37.0 Å². The number of carbonyl (C=O) groups is 4. The van der Waals surface area contributed by atoms with E-state index in [0.717, 1.165) is 167 Å². The van der Waals surface area contributed by atoms with E-state index in [0.29, 0.717) is 25.7 Å². The fraction of sp³-hybridized carbons (Fsp3) is 0.728. The maximum atomic E-state index is 13.1. The molecular weight excluding hydrogens is 1310 g/mol. The van der Waals surface area contributed by atoms with Gasteiger partial charge in [0.2, 0.25) is 0 Å². The molecule has 0 rings (SSSR count). The minimum absolute atomic E-state index is 0.0807. The number of rotatable bonds is 73. The Morgan fingerprint density at radius 1 is 0.290 bits per heavy atom. The highest BCUT2D eigenvalue weighted by Gasteiger charge is 2.30. The van der Waals surface area contributed by atoms with Crippen LogP contribution in [-0.2, 0) is 65.4 Å². The first-order chi connectivity index (χ1) is 48.7. The van der Waals surface area contributed by atoms with Gasteiger partial charge in [0.05, 0.1) is 26.4 Å². The number of esters is 4. The van der Waals surface area contributed by atoms with E-state index in [1.165, 1.54) is 77.0 Å². The Hall–Kier alpha value is -4.28. The Kier molecular flexibility index (Phi) is 69.9. The van der Waals surface area contributed by atoms with Crippen molar-refractivity contribution in [3.8, 4) is 0 Å². The van der Waals surface area contributed by atoms with Gasteiger partial charge < -0.3 is 33.8 Å². The number of hydrogen-bond donors (Lipinski definition) is 3. The summed E-state index contributed by atoms with van der Waals surface area (Å²) in [5.41, 5.74) is 0. The van der Waals surface area contributed by atoms with Gasteiger partial charge in [-0.3, -0.25) is 37.3 Å². The number of phosphoric ester groups is 2. The molecule has 19 heteroatoms. The van der Waals surface area contributed by atoms with Crippen LogP contribution in [0.5, 0.6) is 0 Å². The Morgan fingerprint density at radius 2 is 0.520 bits per heavy atom. The van der Waals surface area contributed by atoms with Crippen LogP contribution in [0.3, 0.4) is 0 Å². The average molecular weight is 1450 g/mol. The molecule has 0 aliphatic rings. The molecule has 0 aromatic rings. The van der Waals surface area contributed by atoms with Gasteiger partial charge in [-0.2, -0.15) is 0 Å². The molecule has 0 bridgehead atoms. The summed E-state index contributed by atoms with van der Waals surface area (Å²) < 4.78 is 68.5. The average Bonchev–Trinajstić information content (AvgIpc) is 0.985. The molecule has 0 saturated carbocycles. The molecular formula is C81H140O17P2. The molecule has 5 unspecified atom stereocenters. The number of aliphatic hydroxyl groups is 1. The molecule has 0 aromatic heterocycles. The second-order valence-electron chi connectivity index (χ2n) is 25.9. The van der Waals surface area contributed by atoms with E-state index >= 15 is 0 Å². The molecule has 576 valence electrons. The van der Waals surface area contributed by atoms with Crippen LogP contribution in [-0.4, -0.2) is 96.7 Å². The third kappa shape index (κ3) is 72.1. The summed E-state index contributed by atoms with van der Waals surface area (Å²) in [7, 11) is -9.96. The van der Waals surface area contributed by atoms with Gasteiger partial charge in [-0.25, -0.2) is 9.13 Å². The van der Waals surface area contributed by atoms with Gasteiger partial charge in [-0.1, -0.05) is 278 Å². The minimum Gasteiger partial charge on any atom is -0.462 e. The lowest BCUT2D eigenvalue weighted by Gasteiger charge is -2.21. The van der Waals surface area contributed by atoms with Crippen molar-refractivity contribution in [2.75, 3.05) is 39.6 Å². The van der Waals surface area contributed by atoms with E-state index in [2.05, 4.69) is 137 Å². The molecule has 0 aliphatic heterocycles. The zero-order valence-corrected chi connectivity index (χ0v) is 64.6. The van der Waals surface area contributed by atoms with Crippen LogP contribution in [0.1, 0.15) is 323 Å². The first-order valence-corrected chi connectivity index (χ1v) is 42.1. The highest BCUT2D eigenvalue weighted by molar-refractivity contribution is 7.47. The zero-order valence-electron chi connectivity index (χ0n) is 62.8. The zero-order chi connectivity index (χ0) is 73.2. The molecule has 0 spiro atoms. The fourth-order valence-corrected chi connectivity index (χ4v) is 11.9. The third-order valence-electron chi connectivity index (χ3n) is 16.2. The molecule has 5 atom stereocenters. The lowest BCUT2D eigenvalue weighted by molar-refractivity contribution is -0.161. The Morgan fingerprint density at radius 3 is 0.830 bits per heavy atom. The van der Waals surface area contributed by atoms with Gasteiger partial charge in [0.25, 0.3) is 0 Å². The van der Waals surface area contributed by atoms with Crippen LogP contribution >= 0.6 is 15.6 Å². The first-order valence-electron chi connectivity index (χ1n) is 39.1. The van der Waals surface area contributed by atoms with Crippen molar-refractivity contribution >= 4 is 39.5 Å². The number of phosphoric acid groups is 2. The second-order valence-corrected chi connectivity index (χ2v) is 28.8. The lowest BCUT2D eigenvalue weighted by Crippen LogP contribution is -2.30. The van der Waals surface area contributed by atoms with Gasteiger partial charge in [-0.15, -0.1) is 0 Å². The van der Waals surface area contributed by atoms with Crippen molar-refractivity contribution in [2.45, 2.75) is 341 Å². The van der Waals surface area contributed by atoms with Crippen molar-refractivity contribution in [2.24, 2.45) is 0 Å². The molecule has 0 fully saturated rings. The topological polar surface area (TPSA) is 237 Å². The number of hydrogen-bond acceptors (Lipinski definition) is 15. The Bertz CT molecular complexity index is 2320. The quantitative estimate of drug-likeness (QED) is 0.0169. The summed E-state index contributed by atoms with van der Waals surface area (Å²) in [6, 6.07) is 0. The first kappa shape index (κ1) is 95.7. The monoisotopic (exact) mass is 1450 g/mol. The molecule has 0 aromatic carbocycles. The van der Waals surface area contributed by atoms with Crippen LogP contribution in [0.25, 0.3) is 0 Å². The molecule has 0 saturated heterocycles. The van der Waals surface area contributed by atoms with Crippen LogP contribution in [0.4, 0.5) is 0 Å². The van der Waals surface area contributed by atoms with E-state index in [9.17, 15) is 43.2 Å². The predicted octanol–water partition coefficient (Wildman–Crippen LogP) is 22.6. The maximum absolute atomic E-state index is 13.1. The number of unbranched alkanes of at least 4 members (excludes halogenated alkanes) is 29. The predicted molar refractivity (Wildman–Crippen MR) is 408 cm³/mol. The maximum Gasteiger partial charge on any atom is 0.472 e. The van der Waals surface area contributed by atoms with Crippen molar-refractivity contribution in [1.82, 2.24) is 0 Å². The van der Waals surface area contributed by atoms with Crippen LogP contribution < -0.4 is 0 Å². The highest BCUT2D eigenvalue weighted by atomic mass is 31.2. The molecule has 0 radical (unpaired) electrons. The van der Waals surface area contributed by atoms with Gasteiger partial charge in [0.15, 0.2) is 12.2 Å². The largest absolute Gasteiger partial charge is 0.472 e. The van der Waals surface area contributed by atoms with E-state index in [-0.39, 0.29) is 25.7 Å².